The van der Waals surface area contributed by atoms with E-state index in [1.165, 1.54) is 13.8 Å². The highest BCUT2D eigenvalue weighted by atomic mass is 16.6. The molecule has 0 saturated heterocycles. The lowest BCUT2D eigenvalue weighted by Crippen LogP contribution is -2.36. The van der Waals surface area contributed by atoms with Crippen LogP contribution in [-0.2, 0) is 22.4 Å². The molecule has 0 amide bonds. The van der Waals surface area contributed by atoms with Gasteiger partial charge < -0.3 is 19.3 Å². The standard InChI is InChI=1S/C24H26O6/c1-12-19(27)10-15-6-7-17-16(18-11-24(4,5)30-22(12)21(15)18)8-9-20(28-13(2)25)23(17)29-14(3)26/h8-10,18,27H,6-7,11H2,1-5H3. The monoisotopic (exact) mass is 410 g/mol. The number of rotatable bonds is 2. The van der Waals surface area contributed by atoms with Crippen molar-refractivity contribution in [1.29, 1.82) is 0 Å². The third kappa shape index (κ3) is 3.40. The average Bonchev–Trinajstić information content (AvgIpc) is 2.77. The van der Waals surface area contributed by atoms with E-state index >= 15 is 0 Å². The molecule has 6 heteroatoms. The quantitative estimate of drug-likeness (QED) is 0.586. The number of fused-ring (bicyclic) bond motifs is 2. The third-order valence-corrected chi connectivity index (χ3v) is 5.83. The number of carbonyl (C=O) groups is 2. The van der Waals surface area contributed by atoms with Gasteiger partial charge in [0, 0.05) is 36.5 Å². The highest BCUT2D eigenvalue weighted by Gasteiger charge is 2.40. The molecule has 0 aromatic heterocycles. The maximum absolute atomic E-state index is 11.8. The van der Waals surface area contributed by atoms with Gasteiger partial charge in [0.1, 0.15) is 17.1 Å². The van der Waals surface area contributed by atoms with Gasteiger partial charge in [0.15, 0.2) is 11.5 Å². The van der Waals surface area contributed by atoms with Crippen molar-refractivity contribution in [3.63, 3.8) is 0 Å². The van der Waals surface area contributed by atoms with E-state index < -0.39 is 17.5 Å². The van der Waals surface area contributed by atoms with E-state index in [0.29, 0.717) is 18.6 Å². The van der Waals surface area contributed by atoms with E-state index in [1.807, 2.05) is 32.9 Å². The molecule has 1 N–H and O–H groups in total. The van der Waals surface area contributed by atoms with Gasteiger partial charge in [-0.15, -0.1) is 0 Å². The molecule has 0 spiro atoms. The summed E-state index contributed by atoms with van der Waals surface area (Å²) in [5, 5.41) is 10.5. The molecule has 158 valence electrons. The maximum Gasteiger partial charge on any atom is 0.308 e. The van der Waals surface area contributed by atoms with Gasteiger partial charge in [-0.25, -0.2) is 0 Å². The van der Waals surface area contributed by atoms with Gasteiger partial charge in [-0.05, 0) is 63.3 Å². The van der Waals surface area contributed by atoms with Crippen molar-refractivity contribution in [2.24, 2.45) is 0 Å². The Morgan fingerprint density at radius 3 is 2.50 bits per heavy atom. The minimum atomic E-state index is -0.477. The Balaban J connectivity index is 1.97. The normalized spacial score (nSPS) is 18.4. The lowest BCUT2D eigenvalue weighted by atomic mass is 9.77. The number of aromatic hydroxyl groups is 1. The summed E-state index contributed by atoms with van der Waals surface area (Å²) in [4.78, 5) is 23.4. The van der Waals surface area contributed by atoms with Crippen molar-refractivity contribution in [2.45, 2.75) is 65.4 Å². The predicted octanol–water partition coefficient (Wildman–Crippen LogP) is 4.34. The van der Waals surface area contributed by atoms with E-state index in [9.17, 15) is 14.7 Å². The Morgan fingerprint density at radius 2 is 1.83 bits per heavy atom. The summed E-state index contributed by atoms with van der Waals surface area (Å²) in [6.07, 6.45) is 1.96. The molecule has 1 atom stereocenters. The van der Waals surface area contributed by atoms with E-state index in [0.717, 1.165) is 40.0 Å². The zero-order valence-corrected chi connectivity index (χ0v) is 17.9. The first kappa shape index (κ1) is 20.3. The Labute approximate surface area is 175 Å². The summed E-state index contributed by atoms with van der Waals surface area (Å²) in [6.45, 7) is 8.58. The SMILES string of the molecule is CC(=O)Oc1ccc2c(c1OC(C)=O)CCc1cc(O)c(C)c3c1C2CC(C)(C)O3. The first-order valence-corrected chi connectivity index (χ1v) is 10.1. The topological polar surface area (TPSA) is 82.1 Å². The largest absolute Gasteiger partial charge is 0.508 e. The van der Waals surface area contributed by atoms with Gasteiger partial charge in [0.2, 0.25) is 0 Å². The molecule has 2 aliphatic rings. The molecule has 2 aromatic carbocycles. The molecule has 1 aliphatic carbocycles. The number of hydrogen-bond acceptors (Lipinski definition) is 6. The van der Waals surface area contributed by atoms with Crippen LogP contribution in [0.3, 0.4) is 0 Å². The molecule has 0 radical (unpaired) electrons. The fourth-order valence-corrected chi connectivity index (χ4v) is 4.67. The van der Waals surface area contributed by atoms with Gasteiger partial charge >= 0.3 is 11.9 Å². The van der Waals surface area contributed by atoms with Crippen LogP contribution in [0.4, 0.5) is 0 Å². The zero-order valence-electron chi connectivity index (χ0n) is 17.9. The Morgan fingerprint density at radius 1 is 1.13 bits per heavy atom. The van der Waals surface area contributed by atoms with Crippen LogP contribution < -0.4 is 14.2 Å². The summed E-state index contributed by atoms with van der Waals surface area (Å²) >= 11 is 0. The Bertz CT molecular complexity index is 1070. The van der Waals surface area contributed by atoms with Crippen LogP contribution in [0, 0.1) is 6.92 Å². The van der Waals surface area contributed by atoms with E-state index in [1.54, 1.807) is 6.07 Å². The highest BCUT2D eigenvalue weighted by molar-refractivity contribution is 5.75. The van der Waals surface area contributed by atoms with Gasteiger partial charge in [0.25, 0.3) is 0 Å². The van der Waals surface area contributed by atoms with Crippen molar-refractivity contribution >= 4 is 11.9 Å². The third-order valence-electron chi connectivity index (χ3n) is 5.83. The van der Waals surface area contributed by atoms with Gasteiger partial charge in [-0.2, -0.15) is 0 Å². The molecule has 30 heavy (non-hydrogen) atoms. The lowest BCUT2D eigenvalue weighted by Gasteiger charge is -2.39. The summed E-state index contributed by atoms with van der Waals surface area (Å²) < 4.78 is 17.2. The molecule has 0 bridgehead atoms. The first-order chi connectivity index (χ1) is 14.1. The van der Waals surface area contributed by atoms with Crippen molar-refractivity contribution in [1.82, 2.24) is 0 Å². The molecule has 1 aliphatic heterocycles. The Kier molecular flexibility index (Phi) is 4.76. The van der Waals surface area contributed by atoms with Crippen LogP contribution in [0.15, 0.2) is 18.2 Å². The predicted molar refractivity (Wildman–Crippen MR) is 110 cm³/mol. The lowest BCUT2D eigenvalue weighted by molar-refractivity contribution is -0.134. The number of esters is 2. The number of phenolic OH excluding ortho intramolecular Hbond substituents is 1. The molecule has 2 aromatic rings. The van der Waals surface area contributed by atoms with E-state index in [4.69, 9.17) is 14.2 Å². The molecule has 1 unspecified atom stereocenters. The van der Waals surface area contributed by atoms with E-state index in [-0.39, 0.29) is 17.4 Å². The molecular weight excluding hydrogens is 384 g/mol. The summed E-state index contributed by atoms with van der Waals surface area (Å²) in [6, 6.07) is 5.46. The number of phenols is 1. The second-order valence-electron chi connectivity index (χ2n) is 8.69. The molecule has 0 fully saturated rings. The van der Waals surface area contributed by atoms with Crippen LogP contribution in [0.5, 0.6) is 23.0 Å². The molecule has 0 saturated carbocycles. The van der Waals surface area contributed by atoms with Crippen molar-refractivity contribution in [3.05, 3.63) is 46.0 Å². The smallest absolute Gasteiger partial charge is 0.308 e. The van der Waals surface area contributed by atoms with Crippen LogP contribution in [-0.4, -0.2) is 22.6 Å². The maximum atomic E-state index is 11.8. The second kappa shape index (κ2) is 7.04. The number of hydrogen-bond donors (Lipinski definition) is 1. The fraction of sp³-hybridized carbons (Fsp3) is 0.417. The van der Waals surface area contributed by atoms with Crippen molar-refractivity contribution in [2.75, 3.05) is 0 Å². The van der Waals surface area contributed by atoms with E-state index in [2.05, 4.69) is 0 Å². The van der Waals surface area contributed by atoms with Crippen molar-refractivity contribution in [3.8, 4) is 23.0 Å². The summed E-state index contributed by atoms with van der Waals surface area (Å²) in [7, 11) is 0. The highest BCUT2D eigenvalue weighted by Crippen LogP contribution is 2.53. The van der Waals surface area contributed by atoms with Crippen LogP contribution >= 0.6 is 0 Å². The van der Waals surface area contributed by atoms with Gasteiger partial charge in [-0.3, -0.25) is 9.59 Å². The number of benzene rings is 2. The number of carbonyl (C=O) groups excluding carboxylic acids is 2. The molecule has 1 heterocycles. The minimum Gasteiger partial charge on any atom is -0.508 e. The number of aryl methyl sites for hydroxylation is 1. The minimum absolute atomic E-state index is 0.0104. The van der Waals surface area contributed by atoms with Crippen LogP contribution in [0.25, 0.3) is 0 Å². The summed E-state index contributed by atoms with van der Waals surface area (Å²) in [5.41, 5.74) is 4.27. The first-order valence-electron chi connectivity index (χ1n) is 10.1. The molecule has 4 rings (SSSR count). The zero-order chi connectivity index (χ0) is 21.8. The Hall–Kier alpha value is -3.02. The van der Waals surface area contributed by atoms with Crippen molar-refractivity contribution < 1.29 is 28.9 Å². The number of ether oxygens (including phenoxy) is 3. The molecule has 6 nitrogen and oxygen atoms in total. The van der Waals surface area contributed by atoms with Gasteiger partial charge in [-0.1, -0.05) is 6.07 Å². The second-order valence-corrected chi connectivity index (χ2v) is 8.69. The fourth-order valence-electron chi connectivity index (χ4n) is 4.67. The van der Waals surface area contributed by atoms with Gasteiger partial charge in [0.05, 0.1) is 0 Å². The summed E-state index contributed by atoms with van der Waals surface area (Å²) in [5.74, 6) is 0.554. The van der Waals surface area contributed by atoms with Crippen LogP contribution in [0.1, 0.15) is 67.9 Å². The van der Waals surface area contributed by atoms with Crippen LogP contribution in [0.2, 0.25) is 0 Å². The molecular formula is C24H26O6. The average molecular weight is 410 g/mol.